The molecule has 1 saturated carbocycles. The quantitative estimate of drug-likeness (QED) is 0.756. The number of hydrogen-bond acceptors (Lipinski definition) is 7. The van der Waals surface area contributed by atoms with Crippen LogP contribution in [0.5, 0.6) is 0 Å². The molecule has 4 heterocycles. The van der Waals surface area contributed by atoms with Crippen molar-refractivity contribution in [3.05, 3.63) is 29.8 Å². The van der Waals surface area contributed by atoms with Gasteiger partial charge in [-0.05, 0) is 25.0 Å². The third-order valence-corrected chi connectivity index (χ3v) is 5.65. The molecule has 1 aliphatic heterocycles. The molecule has 0 spiro atoms. The van der Waals surface area contributed by atoms with Crippen LogP contribution in [-0.4, -0.2) is 51.7 Å². The van der Waals surface area contributed by atoms with Crippen molar-refractivity contribution in [2.24, 2.45) is 5.92 Å². The minimum Gasteiger partial charge on any atom is -0.353 e. The van der Waals surface area contributed by atoms with Gasteiger partial charge in [0.2, 0.25) is 11.9 Å². The minimum atomic E-state index is 0.0273. The average molecular weight is 369 g/mol. The van der Waals surface area contributed by atoms with E-state index in [9.17, 15) is 4.79 Å². The Balaban J connectivity index is 1.35. The van der Waals surface area contributed by atoms with Gasteiger partial charge < -0.3 is 9.80 Å². The summed E-state index contributed by atoms with van der Waals surface area (Å²) in [5, 5.41) is 10.4. The van der Waals surface area contributed by atoms with Crippen LogP contribution < -0.4 is 15.1 Å². The Hall–Kier alpha value is -2.68. The smallest absolute Gasteiger partial charge is 0.249 e. The molecule has 0 aromatic carbocycles. The highest BCUT2D eigenvalue weighted by atomic mass is 32.1. The number of pyridine rings is 1. The largest absolute Gasteiger partial charge is 0.353 e. The van der Waals surface area contributed by atoms with Gasteiger partial charge in [-0.2, -0.15) is 9.50 Å². The molecule has 3 aromatic rings. The van der Waals surface area contributed by atoms with Crippen molar-refractivity contribution in [1.29, 1.82) is 0 Å². The van der Waals surface area contributed by atoms with Crippen LogP contribution in [0, 0.1) is 5.92 Å². The van der Waals surface area contributed by atoms with E-state index in [4.69, 9.17) is 0 Å². The summed E-state index contributed by atoms with van der Waals surface area (Å²) < 4.78 is 1.82. The van der Waals surface area contributed by atoms with Crippen molar-refractivity contribution in [1.82, 2.24) is 19.6 Å². The Morgan fingerprint density at radius 2 is 1.96 bits per heavy atom. The van der Waals surface area contributed by atoms with E-state index in [1.807, 2.05) is 34.3 Å². The summed E-state index contributed by atoms with van der Waals surface area (Å²) in [5.74, 6) is 1.55. The number of piperazine rings is 1. The highest BCUT2D eigenvalue weighted by molar-refractivity contribution is 7.13. The van der Waals surface area contributed by atoms with E-state index in [-0.39, 0.29) is 11.8 Å². The summed E-state index contributed by atoms with van der Waals surface area (Å²) in [4.78, 5) is 25.4. The number of nitrogens with one attached hydrogen (secondary N) is 1. The number of hydrogen-bond donors (Lipinski definition) is 1. The minimum absolute atomic E-state index is 0.0273. The lowest BCUT2D eigenvalue weighted by molar-refractivity contribution is -0.117. The van der Waals surface area contributed by atoms with E-state index < -0.39 is 0 Å². The molecule has 1 amide bonds. The Kier molecular flexibility index (Phi) is 3.74. The fourth-order valence-corrected chi connectivity index (χ4v) is 3.94. The summed E-state index contributed by atoms with van der Waals surface area (Å²) in [5.41, 5.74) is 0.746. The number of carbonyl (C=O) groups is 1. The molecule has 1 saturated heterocycles. The number of nitrogens with zero attached hydrogens (tertiary/aromatic N) is 6. The SMILES string of the molecule is O=C(Nc1nc2cccc(N3CCN(c4nccs4)CC3)n2n1)C1CC1. The lowest BCUT2D eigenvalue weighted by atomic mass is 10.3. The Bertz CT molecular complexity index is 926. The fraction of sp³-hybridized carbons (Fsp3) is 0.412. The topological polar surface area (TPSA) is 78.7 Å². The Labute approximate surface area is 154 Å². The molecule has 0 bridgehead atoms. The Morgan fingerprint density at radius 1 is 1.15 bits per heavy atom. The molecular formula is C17H19N7OS. The van der Waals surface area contributed by atoms with Gasteiger partial charge in [0, 0.05) is 43.7 Å². The van der Waals surface area contributed by atoms with Crippen molar-refractivity contribution in [3.63, 3.8) is 0 Å². The van der Waals surface area contributed by atoms with Crippen molar-refractivity contribution in [2.75, 3.05) is 41.3 Å². The number of thiazole rings is 1. The summed E-state index contributed by atoms with van der Waals surface area (Å²) in [6.45, 7) is 3.62. The van der Waals surface area contributed by atoms with Crippen molar-refractivity contribution in [3.8, 4) is 0 Å². The zero-order chi connectivity index (χ0) is 17.5. The van der Waals surface area contributed by atoms with Gasteiger partial charge in [0.15, 0.2) is 10.8 Å². The number of anilines is 3. The maximum Gasteiger partial charge on any atom is 0.249 e. The first-order valence-electron chi connectivity index (χ1n) is 8.84. The molecule has 26 heavy (non-hydrogen) atoms. The monoisotopic (exact) mass is 369 g/mol. The number of fused-ring (bicyclic) bond motifs is 1. The highest BCUT2D eigenvalue weighted by Crippen LogP contribution is 2.30. The predicted octanol–water partition coefficient (Wildman–Crippen LogP) is 1.86. The first kappa shape index (κ1) is 15.6. The summed E-state index contributed by atoms with van der Waals surface area (Å²) in [6.07, 6.45) is 3.78. The van der Waals surface area contributed by atoms with Crippen LogP contribution in [0.3, 0.4) is 0 Å². The first-order chi connectivity index (χ1) is 12.8. The summed E-state index contributed by atoms with van der Waals surface area (Å²) in [6, 6.07) is 5.95. The second kappa shape index (κ2) is 6.24. The normalized spacial score (nSPS) is 17.7. The van der Waals surface area contributed by atoms with Crippen LogP contribution >= 0.6 is 11.3 Å². The fourth-order valence-electron chi connectivity index (χ4n) is 3.24. The molecule has 0 unspecified atom stereocenters. The van der Waals surface area contributed by atoms with Gasteiger partial charge >= 0.3 is 0 Å². The molecule has 2 fully saturated rings. The highest BCUT2D eigenvalue weighted by Gasteiger charge is 2.30. The third-order valence-electron chi connectivity index (χ3n) is 4.82. The molecule has 0 atom stereocenters. The molecule has 134 valence electrons. The number of carbonyl (C=O) groups excluding carboxylic acids is 1. The van der Waals surface area contributed by atoms with Crippen LogP contribution in [-0.2, 0) is 4.79 Å². The van der Waals surface area contributed by atoms with Crippen LogP contribution in [0.1, 0.15) is 12.8 Å². The predicted molar refractivity (Wildman–Crippen MR) is 101 cm³/mol. The van der Waals surface area contributed by atoms with E-state index in [0.29, 0.717) is 5.95 Å². The third kappa shape index (κ3) is 2.88. The van der Waals surface area contributed by atoms with Gasteiger partial charge in [-0.3, -0.25) is 10.1 Å². The number of aromatic nitrogens is 4. The van der Waals surface area contributed by atoms with Crippen LogP contribution in [0.25, 0.3) is 5.65 Å². The first-order valence-corrected chi connectivity index (χ1v) is 9.72. The molecule has 1 N–H and O–H groups in total. The Morgan fingerprint density at radius 3 is 2.69 bits per heavy atom. The lowest BCUT2D eigenvalue weighted by Crippen LogP contribution is -2.47. The molecule has 9 heteroatoms. The second-order valence-corrected chi connectivity index (χ2v) is 7.51. The zero-order valence-corrected chi connectivity index (χ0v) is 15.0. The van der Waals surface area contributed by atoms with E-state index in [1.165, 1.54) is 0 Å². The standard InChI is InChI=1S/C17H19N7OS/c25-15(12-4-5-12)20-16-19-13-2-1-3-14(24(13)21-16)22-7-9-23(10-8-22)17-18-6-11-26-17/h1-3,6,11-12H,4-5,7-10H2,(H,20,21,25). The van der Waals surface area contributed by atoms with Crippen molar-refractivity contribution in [2.45, 2.75) is 12.8 Å². The van der Waals surface area contributed by atoms with Gasteiger partial charge in [-0.25, -0.2) is 4.98 Å². The van der Waals surface area contributed by atoms with Gasteiger partial charge in [0.05, 0.1) is 0 Å². The van der Waals surface area contributed by atoms with E-state index in [0.717, 1.165) is 55.6 Å². The maximum atomic E-state index is 12.0. The van der Waals surface area contributed by atoms with Gasteiger partial charge in [0.1, 0.15) is 5.82 Å². The molecule has 8 nitrogen and oxygen atoms in total. The van der Waals surface area contributed by atoms with Gasteiger partial charge in [-0.15, -0.1) is 16.4 Å². The van der Waals surface area contributed by atoms with E-state index >= 15 is 0 Å². The number of amides is 1. The van der Waals surface area contributed by atoms with Crippen LogP contribution in [0.15, 0.2) is 29.8 Å². The van der Waals surface area contributed by atoms with E-state index in [2.05, 4.69) is 30.2 Å². The summed E-state index contributed by atoms with van der Waals surface area (Å²) in [7, 11) is 0. The molecule has 0 radical (unpaired) electrons. The number of rotatable bonds is 4. The lowest BCUT2D eigenvalue weighted by Gasteiger charge is -2.35. The van der Waals surface area contributed by atoms with Crippen LogP contribution in [0.4, 0.5) is 16.9 Å². The molecule has 2 aliphatic rings. The molecular weight excluding hydrogens is 350 g/mol. The van der Waals surface area contributed by atoms with Crippen molar-refractivity contribution >= 4 is 39.8 Å². The molecule has 1 aliphatic carbocycles. The molecule has 5 rings (SSSR count). The van der Waals surface area contributed by atoms with Gasteiger partial charge in [-0.1, -0.05) is 6.07 Å². The average Bonchev–Trinajstić information content (AvgIpc) is 3.22. The van der Waals surface area contributed by atoms with Crippen LogP contribution in [0.2, 0.25) is 0 Å². The second-order valence-electron chi connectivity index (χ2n) is 6.64. The molecule has 3 aromatic heterocycles. The maximum absolute atomic E-state index is 12.0. The zero-order valence-electron chi connectivity index (χ0n) is 14.2. The van der Waals surface area contributed by atoms with Crippen molar-refractivity contribution < 1.29 is 4.79 Å². The van der Waals surface area contributed by atoms with Gasteiger partial charge in [0.25, 0.3) is 0 Å². The summed E-state index contributed by atoms with van der Waals surface area (Å²) >= 11 is 1.67. The van der Waals surface area contributed by atoms with E-state index in [1.54, 1.807) is 11.3 Å².